The number of carbonyl (C=O) groups excluding carboxylic acids is 1. The van der Waals surface area contributed by atoms with Crippen LogP contribution in [0.1, 0.15) is 33.5 Å². The van der Waals surface area contributed by atoms with Gasteiger partial charge in [0.05, 0.1) is 29.3 Å². The maximum atomic E-state index is 13.8. The second kappa shape index (κ2) is 11.1. The van der Waals surface area contributed by atoms with E-state index in [0.29, 0.717) is 12.1 Å². The fourth-order valence-corrected chi connectivity index (χ4v) is 6.35. The molecule has 0 saturated carbocycles. The summed E-state index contributed by atoms with van der Waals surface area (Å²) < 4.78 is 115. The molecule has 0 radical (unpaired) electrons. The second-order valence-corrected chi connectivity index (χ2v) is 11.5. The Morgan fingerprint density at radius 3 is 2.24 bits per heavy atom. The number of carbonyl (C=O) groups is 1. The van der Waals surface area contributed by atoms with Crippen LogP contribution in [-0.2, 0) is 22.0 Å². The number of aromatic nitrogens is 1. The van der Waals surface area contributed by atoms with E-state index in [1.807, 2.05) is 0 Å². The topological polar surface area (TPSA) is 109 Å². The van der Waals surface area contributed by atoms with Crippen molar-refractivity contribution in [2.45, 2.75) is 48.7 Å². The average Bonchev–Trinajstić information content (AvgIpc) is 2.93. The molecule has 0 fully saturated rings. The third kappa shape index (κ3) is 5.62. The number of nitrogens with one attached hydrogen (secondary N) is 1. The van der Waals surface area contributed by atoms with Crippen LogP contribution >= 0.6 is 0 Å². The first-order valence-electron chi connectivity index (χ1n) is 12.4. The Morgan fingerprint density at radius 1 is 1.05 bits per heavy atom. The normalized spacial score (nSPS) is 16.1. The number of nitrogens with zero attached hydrogens (tertiary/aromatic N) is 2. The Bertz CT molecular complexity index is 1550. The lowest BCUT2D eigenvalue weighted by Crippen LogP contribution is -2.54. The molecule has 0 bridgehead atoms. The summed E-state index contributed by atoms with van der Waals surface area (Å²) in [6.45, 7) is 1.48. The zero-order valence-electron chi connectivity index (χ0n) is 22.1. The fourth-order valence-electron chi connectivity index (χ4n) is 4.63. The minimum absolute atomic E-state index is 0.0703. The number of rotatable bonds is 7. The molecule has 1 amide bonds. The molecule has 2 aromatic carbocycles. The van der Waals surface area contributed by atoms with Gasteiger partial charge in [-0.1, -0.05) is 29.8 Å². The Morgan fingerprint density at radius 2 is 1.69 bits per heavy atom. The highest BCUT2D eigenvalue weighted by Gasteiger charge is 2.71. The number of fused-ring (bicyclic) bond motifs is 1. The van der Waals surface area contributed by atoms with Crippen molar-refractivity contribution in [1.29, 1.82) is 0 Å². The third-order valence-corrected chi connectivity index (χ3v) is 8.80. The lowest BCUT2D eigenvalue weighted by atomic mass is 9.88. The van der Waals surface area contributed by atoms with E-state index in [1.165, 1.54) is 49.7 Å². The maximum Gasteiger partial charge on any atom is 0.430 e. The van der Waals surface area contributed by atoms with Gasteiger partial charge in [-0.25, -0.2) is 13.4 Å². The average molecular weight is 618 g/mol. The number of methoxy groups -OCH3 is 1. The molecule has 1 aliphatic rings. The molecule has 0 unspecified atom stereocenters. The molecule has 1 aliphatic heterocycles. The quantitative estimate of drug-likeness (QED) is 0.374. The summed E-state index contributed by atoms with van der Waals surface area (Å²) in [7, 11) is -3.03. The van der Waals surface area contributed by atoms with E-state index in [4.69, 9.17) is 4.74 Å². The molecule has 0 aliphatic carbocycles. The first kappa shape index (κ1) is 31.1. The van der Waals surface area contributed by atoms with Crippen molar-refractivity contribution in [3.63, 3.8) is 0 Å². The van der Waals surface area contributed by atoms with E-state index in [1.54, 1.807) is 6.92 Å². The number of amides is 1. The number of pyridine rings is 1. The van der Waals surface area contributed by atoms with E-state index in [-0.39, 0.29) is 47.0 Å². The number of aryl methyl sites for hydroxylation is 2. The van der Waals surface area contributed by atoms with Gasteiger partial charge in [-0.2, -0.15) is 26.3 Å². The number of anilines is 1. The Balaban J connectivity index is 1.75. The largest absolute Gasteiger partial charge is 0.481 e. The highest BCUT2D eigenvalue weighted by molar-refractivity contribution is 7.92. The number of hydrogen-bond acceptors (Lipinski definition) is 6. The molecule has 4 rings (SSSR count). The molecule has 1 atom stereocenters. The van der Waals surface area contributed by atoms with Gasteiger partial charge >= 0.3 is 12.4 Å². The van der Waals surface area contributed by atoms with Crippen LogP contribution in [0.4, 0.5) is 32.0 Å². The second-order valence-electron chi connectivity index (χ2n) is 9.66. The van der Waals surface area contributed by atoms with Crippen molar-refractivity contribution >= 4 is 21.6 Å². The summed E-state index contributed by atoms with van der Waals surface area (Å²) in [6.07, 6.45) is -11.2. The summed E-state index contributed by atoms with van der Waals surface area (Å²) in [5.41, 5.74) is -6.11. The van der Waals surface area contributed by atoms with Gasteiger partial charge in [-0.15, -0.1) is 0 Å². The number of halogens is 6. The minimum atomic E-state index is -6.11. The van der Waals surface area contributed by atoms with Crippen molar-refractivity contribution in [2.24, 2.45) is 0 Å². The number of benzene rings is 2. The molecule has 8 nitrogen and oxygen atoms in total. The molecule has 15 heteroatoms. The molecule has 2 heterocycles. The van der Waals surface area contributed by atoms with Crippen LogP contribution in [0.2, 0.25) is 0 Å². The molecule has 2 N–H and O–H groups in total. The van der Waals surface area contributed by atoms with Crippen LogP contribution in [0.3, 0.4) is 0 Å². The Labute approximate surface area is 237 Å². The molecule has 1 aromatic heterocycles. The van der Waals surface area contributed by atoms with Crippen LogP contribution in [0, 0.1) is 6.92 Å². The van der Waals surface area contributed by atoms with E-state index >= 15 is 0 Å². The number of aliphatic hydroxyl groups is 1. The van der Waals surface area contributed by atoms with Gasteiger partial charge in [0.2, 0.25) is 5.88 Å². The molecule has 0 spiro atoms. The van der Waals surface area contributed by atoms with Crippen molar-refractivity contribution in [3.05, 3.63) is 83.0 Å². The predicted molar refractivity (Wildman–Crippen MR) is 139 cm³/mol. The van der Waals surface area contributed by atoms with Gasteiger partial charge in [0.25, 0.3) is 21.5 Å². The van der Waals surface area contributed by atoms with Crippen molar-refractivity contribution in [1.82, 2.24) is 10.3 Å². The number of hydrogen-bond donors (Lipinski definition) is 2. The van der Waals surface area contributed by atoms with E-state index in [9.17, 15) is 44.7 Å². The summed E-state index contributed by atoms with van der Waals surface area (Å²) in [6, 6.07) is 9.34. The number of sulfonamides is 1. The highest BCUT2D eigenvalue weighted by Crippen LogP contribution is 2.51. The first-order chi connectivity index (χ1) is 19.5. The van der Waals surface area contributed by atoms with Gasteiger partial charge in [0, 0.05) is 24.4 Å². The fraction of sp³-hybridized carbons (Fsp3) is 0.333. The standard InChI is InChI=1S/C27H25F6N3O5S/c1-16-3-9-21(10-4-16)42(39,40)36-20(15-35-24(37)18-6-12-23(41-2)34-14-18)8-5-17-13-19(7-11-22(17)36)25(38,26(28,29)30)27(31,32)33/h3-4,6-7,9-14,20,38H,5,8,15H2,1-2H3,(H,35,37)/t20-/m0/s1. The number of alkyl halides is 6. The van der Waals surface area contributed by atoms with Gasteiger partial charge in [-0.05, 0) is 49.6 Å². The van der Waals surface area contributed by atoms with Crippen LogP contribution in [0.5, 0.6) is 5.88 Å². The maximum absolute atomic E-state index is 13.8. The van der Waals surface area contributed by atoms with E-state index in [2.05, 4.69) is 10.3 Å². The SMILES string of the molecule is COc1ccc(C(=O)NC[C@@H]2CCc3cc(C(O)(C(F)(F)F)C(F)(F)F)ccc3N2S(=O)(=O)c2ccc(C)cc2)cn1. The van der Waals surface area contributed by atoms with Crippen LogP contribution in [0.15, 0.2) is 65.7 Å². The van der Waals surface area contributed by atoms with Gasteiger partial charge in [0.1, 0.15) is 0 Å². The zero-order chi connectivity index (χ0) is 31.1. The summed E-state index contributed by atoms with van der Waals surface area (Å²) in [5, 5.41) is 12.5. The molecular weight excluding hydrogens is 592 g/mol. The number of ether oxygens (including phenoxy) is 1. The highest BCUT2D eigenvalue weighted by atomic mass is 32.2. The van der Waals surface area contributed by atoms with Crippen molar-refractivity contribution in [3.8, 4) is 5.88 Å². The van der Waals surface area contributed by atoms with Gasteiger partial charge < -0.3 is 15.2 Å². The van der Waals surface area contributed by atoms with Crippen molar-refractivity contribution in [2.75, 3.05) is 18.0 Å². The Hall–Kier alpha value is -3.85. The minimum Gasteiger partial charge on any atom is -0.481 e. The van der Waals surface area contributed by atoms with E-state index < -0.39 is 45.5 Å². The van der Waals surface area contributed by atoms with E-state index in [0.717, 1.165) is 15.9 Å². The predicted octanol–water partition coefficient (Wildman–Crippen LogP) is 4.65. The lowest BCUT2D eigenvalue weighted by molar-refractivity contribution is -0.376. The summed E-state index contributed by atoms with van der Waals surface area (Å²) in [4.78, 5) is 16.5. The molecule has 3 aromatic rings. The molecule has 226 valence electrons. The van der Waals surface area contributed by atoms with Crippen molar-refractivity contribution < 1.29 is 49.4 Å². The van der Waals surface area contributed by atoms with Gasteiger partial charge in [0.15, 0.2) is 0 Å². The molecule has 42 heavy (non-hydrogen) atoms. The van der Waals surface area contributed by atoms with Crippen LogP contribution in [-0.4, -0.2) is 56.5 Å². The first-order valence-corrected chi connectivity index (χ1v) is 13.8. The Kier molecular flexibility index (Phi) is 8.21. The third-order valence-electron chi connectivity index (χ3n) is 6.92. The lowest BCUT2D eigenvalue weighted by Gasteiger charge is -2.39. The van der Waals surface area contributed by atoms with Crippen LogP contribution in [0.25, 0.3) is 0 Å². The summed E-state index contributed by atoms with van der Waals surface area (Å²) in [5.74, 6) is -0.340. The molecule has 0 saturated heterocycles. The molecular formula is C27H25F6N3O5S. The smallest absolute Gasteiger partial charge is 0.430 e. The zero-order valence-corrected chi connectivity index (χ0v) is 22.9. The monoisotopic (exact) mass is 617 g/mol. The van der Waals surface area contributed by atoms with Gasteiger partial charge in [-0.3, -0.25) is 9.10 Å². The summed E-state index contributed by atoms with van der Waals surface area (Å²) >= 11 is 0. The van der Waals surface area contributed by atoms with Crippen LogP contribution < -0.4 is 14.4 Å².